The minimum absolute atomic E-state index is 0.113. The Morgan fingerprint density at radius 3 is 1.33 bits per heavy atom. The van der Waals surface area contributed by atoms with Gasteiger partial charge in [-0.3, -0.25) is 0 Å². The number of hydrogen-bond donors (Lipinski definition) is 6. The molecule has 0 saturated heterocycles. The van der Waals surface area contributed by atoms with Crippen molar-refractivity contribution in [3.8, 4) is 51.7 Å². The first kappa shape index (κ1) is 26.9. The Bertz CT molecular complexity index is 1680. The first-order chi connectivity index (χ1) is 20.7. The predicted octanol–water partition coefficient (Wildman–Crippen LogP) is 7.47. The molecule has 0 atom stereocenters. The number of nitrogens with two attached hydrogens (primary N) is 3. The second-order valence-corrected chi connectivity index (χ2v) is 12.2. The molecule has 4 saturated carbocycles. The number of phenols is 3. The van der Waals surface area contributed by atoms with Gasteiger partial charge in [0.05, 0.1) is 17.1 Å². The highest BCUT2D eigenvalue weighted by Gasteiger charge is 2.49. The highest BCUT2D eigenvalue weighted by Crippen LogP contribution is 2.62. The van der Waals surface area contributed by atoms with Crippen LogP contribution in [0.2, 0.25) is 0 Å². The number of rotatable bonds is 7. The zero-order valence-electron chi connectivity index (χ0n) is 23.6. The second kappa shape index (κ2) is 10.4. The lowest BCUT2D eigenvalue weighted by Crippen LogP contribution is -2.43. The quantitative estimate of drug-likeness (QED) is 0.0958. The van der Waals surface area contributed by atoms with Crippen molar-refractivity contribution in [2.75, 3.05) is 17.2 Å². The molecule has 43 heavy (non-hydrogen) atoms. The van der Waals surface area contributed by atoms with Crippen molar-refractivity contribution in [1.29, 1.82) is 0 Å². The fourth-order valence-corrected chi connectivity index (χ4v) is 7.72. The van der Waals surface area contributed by atoms with Crippen LogP contribution in [0.3, 0.4) is 0 Å². The molecule has 4 fully saturated rings. The molecule has 9 heteroatoms. The third-order valence-electron chi connectivity index (χ3n) is 9.41. The highest BCUT2D eigenvalue weighted by atomic mass is 16.5. The van der Waals surface area contributed by atoms with Crippen LogP contribution >= 0.6 is 0 Å². The van der Waals surface area contributed by atoms with E-state index in [1.165, 1.54) is 32.1 Å². The van der Waals surface area contributed by atoms with Crippen molar-refractivity contribution >= 4 is 17.1 Å². The Morgan fingerprint density at radius 2 is 0.884 bits per heavy atom. The fourth-order valence-electron chi connectivity index (χ4n) is 7.72. The van der Waals surface area contributed by atoms with Crippen molar-refractivity contribution in [3.63, 3.8) is 0 Å². The molecule has 4 aliphatic rings. The van der Waals surface area contributed by atoms with Crippen LogP contribution < -0.4 is 31.4 Å². The second-order valence-electron chi connectivity index (χ2n) is 12.2. The minimum Gasteiger partial charge on any atom is -0.503 e. The first-order valence-electron chi connectivity index (χ1n) is 14.7. The minimum atomic E-state index is -0.221. The van der Waals surface area contributed by atoms with Crippen molar-refractivity contribution in [2.24, 2.45) is 23.7 Å². The van der Waals surface area contributed by atoms with Crippen LogP contribution in [0.25, 0.3) is 0 Å². The summed E-state index contributed by atoms with van der Waals surface area (Å²) in [5.74, 6) is 3.61. The number of phenolic OH excluding ortho intramolecular Hbond substituents is 3. The molecule has 4 aliphatic carbocycles. The van der Waals surface area contributed by atoms with Gasteiger partial charge in [-0.2, -0.15) is 0 Å². The standard InChI is InChI=1S/C34H35N3O6/c35-22-4-1-7-25(32(22)38)41-28-16-30(43-27-9-3-6-24(37)34(27)40)29(42-26-8-2-5-23(36)33(26)39)15-21(28)31-19-11-17-10-18(13-19)14-20(31)12-17/h1-9,15-20,31,38-40H,10-14,35-37H2. The number of nitrogen functional groups attached to an aromatic ring is 3. The summed E-state index contributed by atoms with van der Waals surface area (Å²) in [6.45, 7) is 0. The third-order valence-corrected chi connectivity index (χ3v) is 9.41. The zero-order chi connectivity index (χ0) is 29.8. The molecule has 222 valence electrons. The summed E-state index contributed by atoms with van der Waals surface area (Å²) in [5, 5.41) is 32.1. The lowest BCUT2D eigenvalue weighted by atomic mass is 9.50. The summed E-state index contributed by atoms with van der Waals surface area (Å²) >= 11 is 0. The lowest BCUT2D eigenvalue weighted by Gasteiger charge is -2.54. The molecule has 0 radical (unpaired) electrons. The molecule has 0 unspecified atom stereocenters. The number of anilines is 3. The summed E-state index contributed by atoms with van der Waals surface area (Å²) in [4.78, 5) is 0. The van der Waals surface area contributed by atoms with Gasteiger partial charge in [-0.15, -0.1) is 0 Å². The van der Waals surface area contributed by atoms with E-state index in [1.54, 1.807) is 60.7 Å². The number of aromatic hydroxyl groups is 3. The van der Waals surface area contributed by atoms with E-state index in [0.29, 0.717) is 23.3 Å². The fraction of sp³-hybridized carbons (Fsp3) is 0.294. The monoisotopic (exact) mass is 581 g/mol. The van der Waals surface area contributed by atoms with Gasteiger partial charge in [-0.25, -0.2) is 0 Å². The maximum atomic E-state index is 10.7. The van der Waals surface area contributed by atoms with E-state index in [9.17, 15) is 15.3 Å². The van der Waals surface area contributed by atoms with E-state index >= 15 is 0 Å². The average Bonchev–Trinajstić information content (AvgIpc) is 2.97. The third kappa shape index (κ3) is 4.84. The number of benzene rings is 4. The van der Waals surface area contributed by atoms with Gasteiger partial charge in [0.15, 0.2) is 46.0 Å². The van der Waals surface area contributed by atoms with Crippen molar-refractivity contribution in [2.45, 2.75) is 38.0 Å². The van der Waals surface area contributed by atoms with Gasteiger partial charge in [0.25, 0.3) is 0 Å². The zero-order valence-corrected chi connectivity index (χ0v) is 23.6. The van der Waals surface area contributed by atoms with E-state index in [1.807, 2.05) is 6.07 Å². The molecule has 8 rings (SSSR count). The molecule has 4 bridgehead atoms. The summed E-state index contributed by atoms with van der Waals surface area (Å²) in [5.41, 5.74) is 19.4. The van der Waals surface area contributed by atoms with Crippen LogP contribution in [0.4, 0.5) is 17.1 Å². The van der Waals surface area contributed by atoms with Gasteiger partial charge >= 0.3 is 0 Å². The maximum absolute atomic E-state index is 10.7. The SMILES string of the molecule is Nc1cccc(Oc2cc(Oc3cccc(N)c3O)c(C3C4CC5CC(C4)CC3C5)cc2Oc2cccc(N)c2O)c1O. The van der Waals surface area contributed by atoms with E-state index in [-0.39, 0.29) is 63.2 Å². The number of hydrogen-bond acceptors (Lipinski definition) is 9. The molecule has 0 heterocycles. The lowest BCUT2D eigenvalue weighted by molar-refractivity contribution is -0.00342. The van der Waals surface area contributed by atoms with Crippen LogP contribution in [-0.2, 0) is 0 Å². The molecule has 0 amide bonds. The van der Waals surface area contributed by atoms with Crippen LogP contribution in [-0.4, -0.2) is 15.3 Å². The number of para-hydroxylation sites is 3. The van der Waals surface area contributed by atoms with Gasteiger partial charge in [0.2, 0.25) is 0 Å². The van der Waals surface area contributed by atoms with E-state index < -0.39 is 0 Å². The largest absolute Gasteiger partial charge is 0.503 e. The Labute approximate surface area is 249 Å². The van der Waals surface area contributed by atoms with E-state index in [0.717, 1.165) is 17.4 Å². The van der Waals surface area contributed by atoms with Crippen molar-refractivity contribution < 1.29 is 29.5 Å². The van der Waals surface area contributed by atoms with Crippen molar-refractivity contribution in [3.05, 3.63) is 72.3 Å². The Balaban J connectivity index is 1.40. The average molecular weight is 582 g/mol. The first-order valence-corrected chi connectivity index (χ1v) is 14.7. The normalized spacial score (nSPS) is 23.7. The smallest absolute Gasteiger partial charge is 0.181 e. The van der Waals surface area contributed by atoms with Crippen LogP contribution in [0.5, 0.6) is 51.7 Å². The topological polar surface area (TPSA) is 166 Å². The molecule has 0 aromatic heterocycles. The molecule has 0 aliphatic heterocycles. The van der Waals surface area contributed by atoms with Crippen LogP contribution in [0.1, 0.15) is 43.6 Å². The molecule has 4 aromatic carbocycles. The summed E-state index contributed by atoms with van der Waals surface area (Å²) in [7, 11) is 0. The Hall–Kier alpha value is -4.92. The Morgan fingerprint density at radius 1 is 0.488 bits per heavy atom. The molecule has 9 N–H and O–H groups in total. The van der Waals surface area contributed by atoms with Crippen LogP contribution in [0, 0.1) is 23.7 Å². The molecule has 0 spiro atoms. The molecular weight excluding hydrogens is 546 g/mol. The van der Waals surface area contributed by atoms with Gasteiger partial charge in [-0.05, 0) is 104 Å². The number of ether oxygens (including phenoxy) is 3. The summed E-state index contributed by atoms with van der Waals surface area (Å²) < 4.78 is 19.0. The van der Waals surface area contributed by atoms with Crippen LogP contribution in [0.15, 0.2) is 66.7 Å². The molecule has 9 nitrogen and oxygen atoms in total. The summed E-state index contributed by atoms with van der Waals surface area (Å²) in [6.07, 6.45) is 5.99. The maximum Gasteiger partial charge on any atom is 0.181 e. The van der Waals surface area contributed by atoms with Gasteiger partial charge in [-0.1, -0.05) is 18.2 Å². The van der Waals surface area contributed by atoms with Crippen molar-refractivity contribution in [1.82, 2.24) is 0 Å². The van der Waals surface area contributed by atoms with Gasteiger partial charge in [0, 0.05) is 11.6 Å². The summed E-state index contributed by atoms with van der Waals surface area (Å²) in [6, 6.07) is 18.3. The van der Waals surface area contributed by atoms with E-state index in [2.05, 4.69) is 0 Å². The predicted molar refractivity (Wildman–Crippen MR) is 164 cm³/mol. The van der Waals surface area contributed by atoms with Gasteiger partial charge in [0.1, 0.15) is 5.75 Å². The molecule has 4 aromatic rings. The highest BCUT2D eigenvalue weighted by molar-refractivity contribution is 5.65. The molecular formula is C34H35N3O6. The van der Waals surface area contributed by atoms with E-state index in [4.69, 9.17) is 31.4 Å². The Kier molecular flexibility index (Phi) is 6.53. The van der Waals surface area contributed by atoms with Gasteiger partial charge < -0.3 is 46.7 Å².